The van der Waals surface area contributed by atoms with Crippen molar-refractivity contribution in [2.45, 2.75) is 6.42 Å². The van der Waals surface area contributed by atoms with Gasteiger partial charge in [0.2, 0.25) is 5.91 Å². The predicted molar refractivity (Wildman–Crippen MR) is 91.5 cm³/mol. The smallest absolute Gasteiger partial charge is 0.296 e. The van der Waals surface area contributed by atoms with Crippen molar-refractivity contribution in [3.63, 3.8) is 0 Å². The fraction of sp³-hybridized carbons (Fsp3) is 0.235. The largest absolute Gasteiger partial charge is 0.496 e. The number of nitrogens with zero attached hydrogens (tertiary/aromatic N) is 1. The van der Waals surface area contributed by atoms with Crippen LogP contribution in [0.2, 0.25) is 0 Å². The van der Waals surface area contributed by atoms with E-state index in [2.05, 4.69) is 5.32 Å². The van der Waals surface area contributed by atoms with Gasteiger partial charge in [0.05, 0.1) is 38.7 Å². The molecule has 0 aliphatic carbocycles. The van der Waals surface area contributed by atoms with E-state index in [9.17, 15) is 14.9 Å². The van der Waals surface area contributed by atoms with Crippen LogP contribution in [0, 0.1) is 10.1 Å². The Hall–Kier alpha value is -3.29. The number of carbonyl (C=O) groups excluding carboxylic acids is 1. The van der Waals surface area contributed by atoms with Gasteiger partial charge in [-0.2, -0.15) is 0 Å². The number of nitro groups is 1. The Morgan fingerprint density at radius 1 is 1.04 bits per heavy atom. The third-order valence-electron chi connectivity index (χ3n) is 3.52. The number of carbonyl (C=O) groups is 1. The maximum Gasteiger partial charge on any atom is 0.296 e. The van der Waals surface area contributed by atoms with Gasteiger partial charge in [-0.05, 0) is 6.07 Å². The molecule has 0 atom stereocenters. The number of nitrogens with one attached hydrogen (secondary N) is 1. The van der Waals surface area contributed by atoms with Gasteiger partial charge in [-0.25, -0.2) is 0 Å². The van der Waals surface area contributed by atoms with Crippen LogP contribution < -0.4 is 19.5 Å². The van der Waals surface area contributed by atoms with Crippen molar-refractivity contribution in [3.8, 4) is 17.2 Å². The highest BCUT2D eigenvalue weighted by Crippen LogP contribution is 2.37. The van der Waals surface area contributed by atoms with Gasteiger partial charge < -0.3 is 19.5 Å². The van der Waals surface area contributed by atoms with Crippen molar-refractivity contribution in [1.82, 2.24) is 0 Å². The van der Waals surface area contributed by atoms with Gasteiger partial charge in [0.1, 0.15) is 11.4 Å². The van der Waals surface area contributed by atoms with E-state index in [0.717, 1.165) is 0 Å². The molecule has 8 nitrogen and oxygen atoms in total. The molecule has 1 N–H and O–H groups in total. The van der Waals surface area contributed by atoms with Gasteiger partial charge in [-0.15, -0.1) is 0 Å². The van der Waals surface area contributed by atoms with Crippen LogP contribution >= 0.6 is 0 Å². The second kappa shape index (κ2) is 8.00. The molecule has 0 spiro atoms. The summed E-state index contributed by atoms with van der Waals surface area (Å²) in [5.74, 6) is 0.636. The minimum absolute atomic E-state index is 0.00944. The topological polar surface area (TPSA) is 99.9 Å². The fourth-order valence-electron chi connectivity index (χ4n) is 2.34. The predicted octanol–water partition coefficient (Wildman–Crippen LogP) is 2.80. The molecule has 0 radical (unpaired) electrons. The number of hydrogen-bond donors (Lipinski definition) is 1. The van der Waals surface area contributed by atoms with E-state index in [1.54, 1.807) is 24.3 Å². The van der Waals surface area contributed by atoms with Gasteiger partial charge in [0.25, 0.3) is 5.69 Å². The first-order valence-corrected chi connectivity index (χ1v) is 7.32. The van der Waals surface area contributed by atoms with Crippen molar-refractivity contribution >= 4 is 17.3 Å². The maximum absolute atomic E-state index is 12.3. The normalized spacial score (nSPS) is 10.0. The van der Waals surface area contributed by atoms with Crippen LogP contribution in [-0.2, 0) is 11.2 Å². The van der Waals surface area contributed by atoms with Crippen LogP contribution in [0.3, 0.4) is 0 Å². The molecule has 0 aliphatic heterocycles. The highest BCUT2D eigenvalue weighted by atomic mass is 16.6. The summed E-state index contributed by atoms with van der Waals surface area (Å²) in [6.07, 6.45) is 0.00944. The lowest BCUT2D eigenvalue weighted by atomic mass is 10.1. The van der Waals surface area contributed by atoms with Crippen molar-refractivity contribution < 1.29 is 23.9 Å². The van der Waals surface area contributed by atoms with E-state index in [1.165, 1.54) is 33.5 Å². The Kier molecular flexibility index (Phi) is 5.78. The van der Waals surface area contributed by atoms with Crippen molar-refractivity contribution in [3.05, 3.63) is 52.1 Å². The summed E-state index contributed by atoms with van der Waals surface area (Å²) in [6.45, 7) is 0. The molecule has 0 bridgehead atoms. The SMILES string of the molecule is COc1ccccc1CC(=O)Nc1cc(OC)c(OC)cc1[N+](=O)[O-]. The molecule has 2 aromatic carbocycles. The zero-order valence-electron chi connectivity index (χ0n) is 14.1. The zero-order chi connectivity index (χ0) is 18.4. The molecule has 2 rings (SSSR count). The van der Waals surface area contributed by atoms with E-state index < -0.39 is 10.8 Å². The quantitative estimate of drug-likeness (QED) is 0.611. The third-order valence-corrected chi connectivity index (χ3v) is 3.52. The summed E-state index contributed by atoms with van der Waals surface area (Å²) in [6, 6.07) is 9.63. The fourth-order valence-corrected chi connectivity index (χ4v) is 2.34. The summed E-state index contributed by atoms with van der Waals surface area (Å²) < 4.78 is 15.4. The second-order valence-corrected chi connectivity index (χ2v) is 5.02. The van der Waals surface area contributed by atoms with Gasteiger partial charge in [-0.1, -0.05) is 18.2 Å². The summed E-state index contributed by atoms with van der Waals surface area (Å²) >= 11 is 0. The van der Waals surface area contributed by atoms with E-state index in [4.69, 9.17) is 14.2 Å². The first-order chi connectivity index (χ1) is 12.0. The minimum Gasteiger partial charge on any atom is -0.496 e. The number of anilines is 1. The summed E-state index contributed by atoms with van der Waals surface area (Å²) in [5, 5.41) is 13.8. The number of para-hydroxylation sites is 1. The number of benzene rings is 2. The molecule has 0 aliphatic rings. The lowest BCUT2D eigenvalue weighted by Crippen LogP contribution is -2.16. The molecule has 25 heavy (non-hydrogen) atoms. The Balaban J connectivity index is 2.29. The lowest BCUT2D eigenvalue weighted by Gasteiger charge is -2.12. The highest BCUT2D eigenvalue weighted by molar-refractivity contribution is 5.95. The molecule has 0 fully saturated rings. The van der Waals surface area contributed by atoms with E-state index in [0.29, 0.717) is 11.3 Å². The molecule has 132 valence electrons. The summed E-state index contributed by atoms with van der Waals surface area (Å²) in [4.78, 5) is 23.0. The van der Waals surface area contributed by atoms with Crippen LogP contribution in [0.25, 0.3) is 0 Å². The third kappa shape index (κ3) is 4.17. The van der Waals surface area contributed by atoms with Gasteiger partial charge >= 0.3 is 0 Å². The molecule has 1 amide bonds. The minimum atomic E-state index is -0.597. The molecule has 8 heteroatoms. The van der Waals surface area contributed by atoms with Crippen molar-refractivity contribution in [1.29, 1.82) is 0 Å². The standard InChI is InChI=1S/C17H18N2O6/c1-23-14-7-5-4-6-11(14)8-17(20)18-12-9-15(24-2)16(25-3)10-13(12)19(21)22/h4-7,9-10H,8H2,1-3H3,(H,18,20). The summed E-state index contributed by atoms with van der Waals surface area (Å²) in [5.41, 5.74) is 0.416. The molecule has 0 saturated carbocycles. The van der Waals surface area contributed by atoms with E-state index in [-0.39, 0.29) is 29.3 Å². The van der Waals surface area contributed by atoms with Gasteiger partial charge in [0, 0.05) is 11.6 Å². The number of hydrogen-bond acceptors (Lipinski definition) is 6. The van der Waals surface area contributed by atoms with E-state index in [1.807, 2.05) is 0 Å². The Bertz CT molecular complexity index is 791. The monoisotopic (exact) mass is 346 g/mol. The van der Waals surface area contributed by atoms with Crippen LogP contribution in [0.1, 0.15) is 5.56 Å². The van der Waals surface area contributed by atoms with Crippen molar-refractivity contribution in [2.24, 2.45) is 0 Å². The maximum atomic E-state index is 12.3. The molecular formula is C17H18N2O6. The van der Waals surface area contributed by atoms with Gasteiger partial charge in [-0.3, -0.25) is 14.9 Å². The second-order valence-electron chi connectivity index (χ2n) is 5.02. The van der Waals surface area contributed by atoms with Crippen LogP contribution in [0.5, 0.6) is 17.2 Å². The number of nitro benzene ring substituents is 1. The Morgan fingerprint density at radius 2 is 1.64 bits per heavy atom. The zero-order valence-corrected chi connectivity index (χ0v) is 14.1. The number of amides is 1. The van der Waals surface area contributed by atoms with Gasteiger partial charge in [0.15, 0.2) is 11.5 Å². The molecule has 0 aromatic heterocycles. The first kappa shape index (κ1) is 18.1. The number of methoxy groups -OCH3 is 3. The summed E-state index contributed by atoms with van der Waals surface area (Å²) in [7, 11) is 4.29. The molecule has 0 saturated heterocycles. The lowest BCUT2D eigenvalue weighted by molar-refractivity contribution is -0.384. The van der Waals surface area contributed by atoms with E-state index >= 15 is 0 Å². The molecule has 0 unspecified atom stereocenters. The van der Waals surface area contributed by atoms with Crippen molar-refractivity contribution in [2.75, 3.05) is 26.6 Å². The molecular weight excluding hydrogens is 328 g/mol. The number of rotatable bonds is 7. The van der Waals surface area contributed by atoms with Crippen LogP contribution in [-0.4, -0.2) is 32.2 Å². The van der Waals surface area contributed by atoms with Crippen LogP contribution in [0.15, 0.2) is 36.4 Å². The Morgan fingerprint density at radius 3 is 2.24 bits per heavy atom. The Labute approximate surface area is 144 Å². The molecule has 2 aromatic rings. The molecule has 0 heterocycles. The highest BCUT2D eigenvalue weighted by Gasteiger charge is 2.21. The number of ether oxygens (including phenoxy) is 3. The average Bonchev–Trinajstić information content (AvgIpc) is 2.61. The average molecular weight is 346 g/mol. The van der Waals surface area contributed by atoms with Crippen LogP contribution in [0.4, 0.5) is 11.4 Å². The first-order valence-electron chi connectivity index (χ1n) is 7.32.